The van der Waals surface area contributed by atoms with Gasteiger partial charge in [0.25, 0.3) is 5.56 Å². The third-order valence-electron chi connectivity index (χ3n) is 4.87. The van der Waals surface area contributed by atoms with Gasteiger partial charge in [-0.3, -0.25) is 18.6 Å². The van der Waals surface area contributed by atoms with E-state index in [0.717, 1.165) is 11.1 Å². The van der Waals surface area contributed by atoms with Gasteiger partial charge >= 0.3 is 0 Å². The number of amides is 1. The number of fused-ring (bicyclic) bond motifs is 3. The van der Waals surface area contributed by atoms with E-state index in [4.69, 9.17) is 4.74 Å². The summed E-state index contributed by atoms with van der Waals surface area (Å²) in [5.74, 6) is 1.14. The van der Waals surface area contributed by atoms with Gasteiger partial charge in [0, 0.05) is 18.5 Å². The summed E-state index contributed by atoms with van der Waals surface area (Å²) >= 11 is 0. The Bertz CT molecular complexity index is 1260. The lowest BCUT2D eigenvalue weighted by Gasteiger charge is -2.13. The number of rotatable bonds is 6. The van der Waals surface area contributed by atoms with E-state index in [9.17, 15) is 9.59 Å². The van der Waals surface area contributed by atoms with Crippen LogP contribution >= 0.6 is 0 Å². The van der Waals surface area contributed by atoms with E-state index in [1.165, 1.54) is 4.57 Å². The monoisotopic (exact) mass is 391 g/mol. The molecule has 1 amide bonds. The number of ether oxygens (including phenoxy) is 1. The van der Waals surface area contributed by atoms with Crippen LogP contribution in [0.3, 0.4) is 0 Å². The molecule has 0 aliphatic carbocycles. The second kappa shape index (κ2) is 7.75. The first-order valence-electron chi connectivity index (χ1n) is 9.38. The number of carbonyl (C=O) groups excluding carboxylic acids is 1. The highest BCUT2D eigenvalue weighted by Gasteiger charge is 2.17. The predicted octanol–water partition coefficient (Wildman–Crippen LogP) is 1.93. The Morgan fingerprint density at radius 1 is 1.07 bits per heavy atom. The number of aromatic nitrogens is 4. The van der Waals surface area contributed by atoms with Crippen LogP contribution in [0.2, 0.25) is 0 Å². The number of aryl methyl sites for hydroxylation is 1. The standard InChI is InChI=1S/C21H21N5O3/c1-3-18-23-24-20-21(28)25(15-9-5-6-10-16(15)26(18)20)13-19(27)22-12-14-8-4-7-11-17(14)29-2/h4-11H,3,12-13H2,1-2H3,(H,22,27). The van der Waals surface area contributed by atoms with Gasteiger partial charge in [0.1, 0.15) is 18.1 Å². The SMILES string of the molecule is CCc1nnc2c(=O)n(CC(=O)NCc3ccccc3OC)c3ccccc3n12. The molecule has 0 fully saturated rings. The van der Waals surface area contributed by atoms with Gasteiger partial charge in [-0.1, -0.05) is 37.3 Å². The first-order chi connectivity index (χ1) is 14.1. The van der Waals surface area contributed by atoms with Crippen molar-refractivity contribution >= 4 is 22.6 Å². The Labute approximate surface area is 166 Å². The van der Waals surface area contributed by atoms with Crippen LogP contribution in [-0.4, -0.2) is 32.2 Å². The van der Waals surface area contributed by atoms with Gasteiger partial charge in [-0.2, -0.15) is 0 Å². The molecule has 1 N–H and O–H groups in total. The topological polar surface area (TPSA) is 90.5 Å². The van der Waals surface area contributed by atoms with Crippen molar-refractivity contribution in [2.24, 2.45) is 0 Å². The molecule has 4 rings (SSSR count). The second-order valence-corrected chi connectivity index (χ2v) is 6.60. The summed E-state index contributed by atoms with van der Waals surface area (Å²) in [4.78, 5) is 25.6. The van der Waals surface area contributed by atoms with Gasteiger partial charge in [-0.05, 0) is 18.2 Å². The lowest BCUT2D eigenvalue weighted by Crippen LogP contribution is -2.33. The molecular formula is C21H21N5O3. The maximum Gasteiger partial charge on any atom is 0.297 e. The average molecular weight is 391 g/mol. The molecule has 2 aromatic heterocycles. The van der Waals surface area contributed by atoms with E-state index in [-0.39, 0.29) is 23.7 Å². The van der Waals surface area contributed by atoms with Crippen LogP contribution in [0.15, 0.2) is 53.3 Å². The van der Waals surface area contributed by atoms with E-state index in [1.54, 1.807) is 11.5 Å². The first kappa shape index (κ1) is 18.7. The van der Waals surface area contributed by atoms with Gasteiger partial charge in [0.05, 0.1) is 18.1 Å². The minimum absolute atomic E-state index is 0.112. The summed E-state index contributed by atoms with van der Waals surface area (Å²) in [5, 5.41) is 11.0. The highest BCUT2D eigenvalue weighted by Crippen LogP contribution is 2.17. The van der Waals surface area contributed by atoms with Gasteiger partial charge in [0.15, 0.2) is 0 Å². The Balaban J connectivity index is 1.68. The molecule has 8 heteroatoms. The fourth-order valence-corrected chi connectivity index (χ4v) is 3.45. The molecule has 0 spiro atoms. The summed E-state index contributed by atoms with van der Waals surface area (Å²) < 4.78 is 8.51. The molecule has 0 radical (unpaired) electrons. The quantitative estimate of drug-likeness (QED) is 0.542. The number of methoxy groups -OCH3 is 1. The maximum absolute atomic E-state index is 13.0. The summed E-state index contributed by atoms with van der Waals surface area (Å²) in [6, 6.07) is 14.9. The van der Waals surface area contributed by atoms with Gasteiger partial charge < -0.3 is 10.1 Å². The van der Waals surface area contributed by atoms with Crippen molar-refractivity contribution in [2.75, 3.05) is 7.11 Å². The van der Waals surface area contributed by atoms with Crippen LogP contribution in [0, 0.1) is 0 Å². The van der Waals surface area contributed by atoms with E-state index in [0.29, 0.717) is 30.1 Å². The minimum atomic E-state index is -0.344. The van der Waals surface area contributed by atoms with E-state index in [2.05, 4.69) is 15.5 Å². The zero-order valence-corrected chi connectivity index (χ0v) is 16.3. The average Bonchev–Trinajstić information content (AvgIpc) is 3.20. The van der Waals surface area contributed by atoms with Crippen LogP contribution in [0.4, 0.5) is 0 Å². The fraction of sp³-hybridized carbons (Fsp3) is 0.238. The molecule has 0 saturated carbocycles. The van der Waals surface area contributed by atoms with Crippen LogP contribution in [0.1, 0.15) is 18.3 Å². The number of hydrogen-bond donors (Lipinski definition) is 1. The number of hydrogen-bond acceptors (Lipinski definition) is 5. The zero-order chi connectivity index (χ0) is 20.4. The molecule has 8 nitrogen and oxygen atoms in total. The van der Waals surface area contributed by atoms with Crippen molar-refractivity contribution in [3.8, 4) is 5.75 Å². The highest BCUT2D eigenvalue weighted by atomic mass is 16.5. The second-order valence-electron chi connectivity index (χ2n) is 6.60. The Morgan fingerprint density at radius 2 is 1.79 bits per heavy atom. The van der Waals surface area contributed by atoms with Crippen LogP contribution in [0.25, 0.3) is 16.7 Å². The lowest BCUT2D eigenvalue weighted by atomic mass is 10.2. The van der Waals surface area contributed by atoms with Crippen LogP contribution < -0.4 is 15.6 Å². The number of benzene rings is 2. The minimum Gasteiger partial charge on any atom is -0.496 e. The summed E-state index contributed by atoms with van der Waals surface area (Å²) in [5.41, 5.74) is 2.19. The molecule has 2 aromatic carbocycles. The third kappa shape index (κ3) is 3.33. The maximum atomic E-state index is 13.0. The van der Waals surface area contributed by atoms with Crippen molar-refractivity contribution in [3.63, 3.8) is 0 Å². The van der Waals surface area contributed by atoms with Gasteiger partial charge in [0.2, 0.25) is 11.6 Å². The molecular weight excluding hydrogens is 370 g/mol. The molecule has 2 heterocycles. The van der Waals surface area contributed by atoms with Crippen molar-refractivity contribution in [2.45, 2.75) is 26.4 Å². The number of para-hydroxylation sites is 3. The predicted molar refractivity (Wildman–Crippen MR) is 109 cm³/mol. The summed E-state index contributed by atoms with van der Waals surface area (Å²) in [6.07, 6.45) is 0.647. The summed E-state index contributed by atoms with van der Waals surface area (Å²) in [6.45, 7) is 2.16. The Hall–Kier alpha value is -3.68. The lowest BCUT2D eigenvalue weighted by molar-refractivity contribution is -0.121. The van der Waals surface area contributed by atoms with E-state index < -0.39 is 0 Å². The molecule has 4 aromatic rings. The number of nitrogens with one attached hydrogen (secondary N) is 1. The van der Waals surface area contributed by atoms with E-state index >= 15 is 0 Å². The molecule has 0 atom stereocenters. The summed E-state index contributed by atoms with van der Waals surface area (Å²) in [7, 11) is 1.59. The highest BCUT2D eigenvalue weighted by molar-refractivity contribution is 5.82. The van der Waals surface area contributed by atoms with Gasteiger partial charge in [-0.25, -0.2) is 0 Å². The fourth-order valence-electron chi connectivity index (χ4n) is 3.45. The Morgan fingerprint density at radius 3 is 2.55 bits per heavy atom. The number of nitrogens with zero attached hydrogens (tertiary/aromatic N) is 4. The van der Waals surface area contributed by atoms with Crippen molar-refractivity contribution in [1.82, 2.24) is 24.5 Å². The molecule has 0 aliphatic rings. The molecule has 0 aliphatic heterocycles. The van der Waals surface area contributed by atoms with Crippen molar-refractivity contribution < 1.29 is 9.53 Å². The smallest absolute Gasteiger partial charge is 0.297 e. The van der Waals surface area contributed by atoms with Crippen molar-refractivity contribution in [1.29, 1.82) is 0 Å². The Kier molecular flexibility index (Phi) is 4.99. The zero-order valence-electron chi connectivity index (χ0n) is 16.3. The molecule has 148 valence electrons. The van der Waals surface area contributed by atoms with E-state index in [1.807, 2.05) is 55.5 Å². The molecule has 0 unspecified atom stereocenters. The molecule has 0 saturated heterocycles. The normalized spacial score (nSPS) is 11.1. The molecule has 29 heavy (non-hydrogen) atoms. The van der Waals surface area contributed by atoms with Crippen LogP contribution in [-0.2, 0) is 24.3 Å². The third-order valence-corrected chi connectivity index (χ3v) is 4.87. The molecule has 0 bridgehead atoms. The number of carbonyl (C=O) groups is 1. The van der Waals surface area contributed by atoms with Crippen molar-refractivity contribution in [3.05, 3.63) is 70.3 Å². The van der Waals surface area contributed by atoms with Crippen LogP contribution in [0.5, 0.6) is 5.75 Å². The largest absolute Gasteiger partial charge is 0.496 e. The first-order valence-corrected chi connectivity index (χ1v) is 9.38. The van der Waals surface area contributed by atoms with Gasteiger partial charge in [-0.15, -0.1) is 10.2 Å².